The van der Waals surface area contributed by atoms with Gasteiger partial charge in [-0.3, -0.25) is 4.79 Å². The standard InChI is InChI=1S/C39H34F6N6O3/c1-3-26-28(41)8-5-21-15-25(52)16-27(30(21)26)33-32(42)34-31(29(4-2)46-33)35(50-17-23-6-7-24(18-50)51(23)36(53)39(43,44)45)48-37(47-34)54-20-38(11-12-38)19-49-13-9-22(40)10-14-49/h1-2,5,8,15-16,22-24,52H,6-7,9-14,17-20H2/t23-,24+. The molecule has 4 fully saturated rings. The monoisotopic (exact) mass is 748 g/mol. The molecule has 8 rings (SSSR count). The van der Waals surface area contributed by atoms with Crippen LogP contribution in [-0.2, 0) is 4.79 Å². The second kappa shape index (κ2) is 13.2. The third kappa shape index (κ3) is 6.28. The van der Waals surface area contributed by atoms with Gasteiger partial charge >= 0.3 is 18.1 Å². The molecule has 5 heterocycles. The van der Waals surface area contributed by atoms with Crippen LogP contribution in [0.2, 0.25) is 0 Å². The third-order valence-electron chi connectivity index (χ3n) is 11.1. The van der Waals surface area contributed by atoms with Crippen LogP contribution in [0.3, 0.4) is 0 Å². The molecule has 1 N–H and O–H groups in total. The number of anilines is 1. The van der Waals surface area contributed by atoms with Crippen LogP contribution in [-0.4, -0.2) is 99.5 Å². The highest BCUT2D eigenvalue weighted by atomic mass is 19.4. The lowest BCUT2D eigenvalue weighted by Crippen LogP contribution is -2.59. The second-order valence-corrected chi connectivity index (χ2v) is 14.7. The molecule has 3 saturated heterocycles. The van der Waals surface area contributed by atoms with Crippen molar-refractivity contribution in [1.29, 1.82) is 0 Å². The van der Waals surface area contributed by atoms with Crippen LogP contribution >= 0.6 is 0 Å². The van der Waals surface area contributed by atoms with Crippen molar-refractivity contribution in [1.82, 2.24) is 24.8 Å². The summed E-state index contributed by atoms with van der Waals surface area (Å²) in [7, 11) is 0. The molecule has 1 aliphatic carbocycles. The first-order valence-corrected chi connectivity index (χ1v) is 17.7. The highest BCUT2D eigenvalue weighted by Gasteiger charge is 2.52. The number of phenolic OH excluding ortho intramolecular Hbond substituents is 1. The van der Waals surface area contributed by atoms with E-state index in [1.54, 1.807) is 4.90 Å². The fraction of sp³-hybridized carbons (Fsp3) is 0.436. The molecule has 2 bridgehead atoms. The molecule has 1 amide bonds. The van der Waals surface area contributed by atoms with Gasteiger partial charge in [-0.05, 0) is 68.0 Å². The number of pyridine rings is 1. The molecule has 1 saturated carbocycles. The maximum absolute atomic E-state index is 17.1. The Kier molecular flexibility index (Phi) is 8.76. The molecule has 2 atom stereocenters. The number of piperidine rings is 1. The fourth-order valence-corrected chi connectivity index (χ4v) is 8.29. The Hall–Kier alpha value is -5.28. The number of benzene rings is 2. The number of alkyl halides is 4. The Bertz CT molecular complexity index is 2260. The van der Waals surface area contributed by atoms with Crippen LogP contribution < -0.4 is 9.64 Å². The average molecular weight is 749 g/mol. The molecule has 2 aromatic carbocycles. The number of aromatic nitrogens is 3. The van der Waals surface area contributed by atoms with Gasteiger partial charge in [0.1, 0.15) is 40.5 Å². The van der Waals surface area contributed by atoms with Crippen molar-refractivity contribution in [2.45, 2.75) is 63.0 Å². The normalized spacial score (nSPS) is 21.3. The number of phenols is 1. The first-order chi connectivity index (χ1) is 25.8. The summed E-state index contributed by atoms with van der Waals surface area (Å²) in [5, 5.41) is 11.0. The first kappa shape index (κ1) is 35.7. The summed E-state index contributed by atoms with van der Waals surface area (Å²) >= 11 is 0. The quantitative estimate of drug-likeness (QED) is 0.179. The predicted octanol–water partition coefficient (Wildman–Crippen LogP) is 6.13. The number of aromatic hydroxyl groups is 1. The third-order valence-corrected chi connectivity index (χ3v) is 11.1. The molecule has 3 aliphatic heterocycles. The number of carbonyl (C=O) groups is 1. The number of rotatable bonds is 7. The lowest BCUT2D eigenvalue weighted by atomic mass is 9.95. The van der Waals surface area contributed by atoms with Gasteiger partial charge < -0.3 is 24.5 Å². The van der Waals surface area contributed by atoms with E-state index < -0.39 is 42.0 Å². The highest BCUT2D eigenvalue weighted by Crippen LogP contribution is 2.47. The molecule has 9 nitrogen and oxygen atoms in total. The van der Waals surface area contributed by atoms with Gasteiger partial charge in [-0.15, -0.1) is 12.8 Å². The Morgan fingerprint density at radius 3 is 2.31 bits per heavy atom. The number of piperazine rings is 1. The van der Waals surface area contributed by atoms with Crippen molar-refractivity contribution in [2.75, 3.05) is 44.2 Å². The molecule has 15 heteroatoms. The number of hydrogen-bond acceptors (Lipinski definition) is 8. The summed E-state index contributed by atoms with van der Waals surface area (Å²) in [6.45, 7) is 1.95. The summed E-state index contributed by atoms with van der Waals surface area (Å²) in [5.74, 6) is 0.865. The highest BCUT2D eigenvalue weighted by molar-refractivity contribution is 6.04. The zero-order valence-electron chi connectivity index (χ0n) is 28.9. The molecular formula is C39H34F6N6O3. The second-order valence-electron chi connectivity index (χ2n) is 14.7. The molecule has 280 valence electrons. The van der Waals surface area contributed by atoms with Gasteiger partial charge in [-0.2, -0.15) is 23.1 Å². The van der Waals surface area contributed by atoms with E-state index in [-0.39, 0.29) is 81.5 Å². The molecule has 4 aromatic rings. The Morgan fingerprint density at radius 1 is 0.981 bits per heavy atom. The molecule has 0 spiro atoms. The lowest BCUT2D eigenvalue weighted by molar-refractivity contribution is -0.188. The van der Waals surface area contributed by atoms with E-state index in [4.69, 9.17) is 17.6 Å². The van der Waals surface area contributed by atoms with Crippen molar-refractivity contribution < 1.29 is 41.0 Å². The van der Waals surface area contributed by atoms with Gasteiger partial charge in [0.15, 0.2) is 5.82 Å². The predicted molar refractivity (Wildman–Crippen MR) is 187 cm³/mol. The summed E-state index contributed by atoms with van der Waals surface area (Å²) in [5.41, 5.74) is -1.34. The minimum atomic E-state index is -5.05. The van der Waals surface area contributed by atoms with E-state index in [0.29, 0.717) is 50.7 Å². The van der Waals surface area contributed by atoms with Crippen molar-refractivity contribution in [2.24, 2.45) is 5.41 Å². The number of fused-ring (bicyclic) bond motifs is 4. The number of ether oxygens (including phenoxy) is 1. The van der Waals surface area contributed by atoms with Crippen molar-refractivity contribution in [3.8, 4) is 47.7 Å². The van der Waals surface area contributed by atoms with Crippen LogP contribution in [0.1, 0.15) is 49.8 Å². The Labute approximate surface area is 306 Å². The molecule has 0 radical (unpaired) electrons. The zero-order chi connectivity index (χ0) is 38.1. The van der Waals surface area contributed by atoms with Gasteiger partial charge in [0.05, 0.1) is 29.6 Å². The Balaban J connectivity index is 1.25. The minimum absolute atomic E-state index is 0.0101. The first-order valence-electron chi connectivity index (χ1n) is 17.7. The molecule has 0 unspecified atom stereocenters. The number of terminal acetylenes is 2. The van der Waals surface area contributed by atoms with E-state index in [1.807, 2.05) is 0 Å². The van der Waals surface area contributed by atoms with Crippen molar-refractivity contribution in [3.05, 3.63) is 47.2 Å². The summed E-state index contributed by atoms with van der Waals surface area (Å²) < 4.78 is 92.9. The molecular weight excluding hydrogens is 714 g/mol. The van der Waals surface area contributed by atoms with Gasteiger partial charge in [0, 0.05) is 49.1 Å². The van der Waals surface area contributed by atoms with Crippen LogP contribution in [0.15, 0.2) is 24.3 Å². The van der Waals surface area contributed by atoms with Gasteiger partial charge in [0.25, 0.3) is 0 Å². The summed E-state index contributed by atoms with van der Waals surface area (Å²) in [6.07, 6.45) is 9.00. The van der Waals surface area contributed by atoms with Gasteiger partial charge in [-0.25, -0.2) is 18.2 Å². The Morgan fingerprint density at radius 2 is 1.69 bits per heavy atom. The summed E-state index contributed by atoms with van der Waals surface area (Å²) in [4.78, 5) is 30.7. The van der Waals surface area contributed by atoms with Crippen molar-refractivity contribution in [3.63, 3.8) is 0 Å². The fourth-order valence-electron chi connectivity index (χ4n) is 8.29. The summed E-state index contributed by atoms with van der Waals surface area (Å²) in [6, 6.07) is 3.21. The largest absolute Gasteiger partial charge is 0.508 e. The van der Waals surface area contributed by atoms with Crippen LogP contribution in [0.25, 0.3) is 32.9 Å². The number of likely N-dealkylation sites (tertiary alicyclic amines) is 1. The van der Waals surface area contributed by atoms with Crippen LogP contribution in [0.5, 0.6) is 11.8 Å². The number of halogens is 6. The maximum Gasteiger partial charge on any atom is 0.471 e. The zero-order valence-corrected chi connectivity index (χ0v) is 28.9. The van der Waals surface area contributed by atoms with Crippen molar-refractivity contribution >= 4 is 33.4 Å². The smallest absolute Gasteiger partial charge is 0.471 e. The average Bonchev–Trinajstić information content (AvgIpc) is 3.86. The van der Waals surface area contributed by atoms with Crippen LogP contribution in [0.4, 0.5) is 32.2 Å². The van der Waals surface area contributed by atoms with E-state index >= 15 is 4.39 Å². The van der Waals surface area contributed by atoms with Crippen LogP contribution in [0, 0.1) is 41.7 Å². The maximum atomic E-state index is 17.1. The number of amides is 1. The molecule has 4 aliphatic rings. The SMILES string of the molecule is C#Cc1c(F)ccc2cc(O)cc(-c3nc(C#C)c4c(N5C[C@H]6CC[C@@H](C5)N6C(=O)C(F)(F)F)nc(OCC5(CN6CCC(F)CC6)CC5)nc4c3F)c12. The topological polar surface area (TPSA) is 94.9 Å². The van der Waals surface area contributed by atoms with E-state index in [2.05, 4.69) is 31.7 Å². The minimum Gasteiger partial charge on any atom is -0.508 e. The van der Waals surface area contributed by atoms with E-state index in [9.17, 15) is 31.9 Å². The van der Waals surface area contributed by atoms with E-state index in [1.165, 1.54) is 18.2 Å². The number of hydrogen-bond donors (Lipinski definition) is 1. The van der Waals surface area contributed by atoms with Gasteiger partial charge in [0.2, 0.25) is 0 Å². The lowest BCUT2D eigenvalue weighted by Gasteiger charge is -2.42. The van der Waals surface area contributed by atoms with Gasteiger partial charge in [-0.1, -0.05) is 12.0 Å². The number of nitrogens with zero attached hydrogens (tertiary/aromatic N) is 6. The van der Waals surface area contributed by atoms with E-state index in [0.717, 1.165) is 23.8 Å². The number of carbonyl (C=O) groups excluding carboxylic acids is 1. The molecule has 54 heavy (non-hydrogen) atoms. The molecule has 2 aromatic heterocycles.